The number of ether oxygens (including phenoxy) is 6. The van der Waals surface area contributed by atoms with Gasteiger partial charge >= 0.3 is 0 Å². The first kappa shape index (κ1) is 39.0. The van der Waals surface area contributed by atoms with Crippen molar-refractivity contribution in [2.45, 2.75) is 79.9 Å². The number of rotatable bonds is 15. The summed E-state index contributed by atoms with van der Waals surface area (Å²) in [7, 11) is 2.62. The number of benzene rings is 1. The van der Waals surface area contributed by atoms with Gasteiger partial charge in [0.05, 0.1) is 40.6 Å². The van der Waals surface area contributed by atoms with Crippen molar-refractivity contribution in [1.29, 1.82) is 0 Å². The van der Waals surface area contributed by atoms with E-state index in [1.807, 2.05) is 0 Å². The summed E-state index contributed by atoms with van der Waals surface area (Å²) in [4.78, 5) is 12.3. The van der Waals surface area contributed by atoms with Crippen LogP contribution in [0.15, 0.2) is 42.2 Å². The highest BCUT2D eigenvalue weighted by Crippen LogP contribution is 2.35. The van der Waals surface area contributed by atoms with Crippen molar-refractivity contribution in [3.05, 3.63) is 47.7 Å². The van der Waals surface area contributed by atoms with Gasteiger partial charge in [-0.1, -0.05) is 6.07 Å². The number of phenols is 1. The Morgan fingerprint density at radius 3 is 1.86 bits per heavy atom. The molecule has 2 heterocycles. The minimum atomic E-state index is -1.79. The minimum Gasteiger partial charge on any atom is -0.504 e. The monoisotopic (exact) mass is 702 g/mol. The molecule has 1 aliphatic carbocycles. The fraction of sp³-hybridized carbons (Fsp3) is 0.656. The van der Waals surface area contributed by atoms with Crippen molar-refractivity contribution in [2.24, 2.45) is 11.8 Å². The summed E-state index contributed by atoms with van der Waals surface area (Å²) >= 11 is 0. The van der Waals surface area contributed by atoms with Gasteiger partial charge in [0.2, 0.25) is 5.78 Å². The lowest BCUT2D eigenvalue weighted by atomic mass is 9.78. The first-order chi connectivity index (χ1) is 23.2. The standard InChI is InChI=1S/C32H46O17/c1-44-20-8-15(3-4-18(20)35)7-16(13-46-30-28(41)26(39)24(37)22(11-33)48-30)17(9-32(43)6-5-19(36)21(10-32)45-2)14-47-31-29(42)27(40)25(38)23(12-34)49-31/h3-6,8,10,16-17,22-31,33-35,37-43H,7,9,11-14H2,1-2H3/t16-,17-,22+,23+,24+,25+,26-,27-,28-,29-,30+,31-,32?/m0/s1. The Balaban J connectivity index is 1.68. The number of allylic oxidation sites excluding steroid dienone is 1. The number of aliphatic hydroxyl groups is 9. The summed E-state index contributed by atoms with van der Waals surface area (Å²) in [5, 5.41) is 103. The zero-order chi connectivity index (χ0) is 36.0. The summed E-state index contributed by atoms with van der Waals surface area (Å²) in [5.74, 6) is -2.13. The second kappa shape index (κ2) is 17.0. The molecule has 1 aromatic carbocycles. The molecule has 1 unspecified atom stereocenters. The first-order valence-electron chi connectivity index (χ1n) is 15.7. The molecule has 1 aromatic rings. The van der Waals surface area contributed by atoms with Crippen LogP contribution < -0.4 is 4.74 Å². The quantitative estimate of drug-likeness (QED) is 0.0853. The molecule has 17 heteroatoms. The van der Waals surface area contributed by atoms with Gasteiger partial charge in [-0.25, -0.2) is 0 Å². The Morgan fingerprint density at radius 2 is 1.35 bits per heavy atom. The molecule has 17 nitrogen and oxygen atoms in total. The molecule has 4 rings (SSSR count). The summed E-state index contributed by atoms with van der Waals surface area (Å²) < 4.78 is 33.3. The number of phenolic OH excluding ortho intramolecular Hbond substituents is 1. The molecular formula is C32H46O17. The van der Waals surface area contributed by atoms with Crippen LogP contribution >= 0.6 is 0 Å². The second-order valence-corrected chi connectivity index (χ2v) is 12.4. The Hall–Kier alpha value is -2.75. The summed E-state index contributed by atoms with van der Waals surface area (Å²) in [6.07, 6.45) is -12.2. The van der Waals surface area contributed by atoms with Crippen molar-refractivity contribution >= 4 is 5.78 Å². The lowest BCUT2D eigenvalue weighted by molar-refractivity contribution is -0.309. The maximum Gasteiger partial charge on any atom is 0.219 e. The van der Waals surface area contributed by atoms with Crippen molar-refractivity contribution in [2.75, 3.05) is 40.6 Å². The summed E-state index contributed by atoms with van der Waals surface area (Å²) in [5.41, 5.74) is -1.19. The Morgan fingerprint density at radius 1 is 0.796 bits per heavy atom. The van der Waals surface area contributed by atoms with Gasteiger partial charge in [0.15, 0.2) is 29.8 Å². The van der Waals surface area contributed by atoms with E-state index in [9.17, 15) is 55.9 Å². The fourth-order valence-electron chi connectivity index (χ4n) is 6.08. The molecule has 2 saturated heterocycles. The van der Waals surface area contributed by atoms with E-state index in [0.717, 1.165) is 6.08 Å². The van der Waals surface area contributed by atoms with Crippen molar-refractivity contribution in [3.8, 4) is 11.5 Å². The smallest absolute Gasteiger partial charge is 0.219 e. The van der Waals surface area contributed by atoms with Gasteiger partial charge in [0.1, 0.15) is 54.4 Å². The third-order valence-electron chi connectivity index (χ3n) is 9.01. The van der Waals surface area contributed by atoms with Crippen molar-refractivity contribution in [1.82, 2.24) is 0 Å². The molecule has 2 fully saturated rings. The van der Waals surface area contributed by atoms with Crippen LogP contribution in [0, 0.1) is 11.8 Å². The Kier molecular flexibility index (Phi) is 13.5. The van der Waals surface area contributed by atoms with Crippen LogP contribution in [0.5, 0.6) is 11.5 Å². The zero-order valence-electron chi connectivity index (χ0n) is 27.0. The van der Waals surface area contributed by atoms with Crippen LogP contribution in [0.3, 0.4) is 0 Å². The number of carbonyl (C=O) groups excluding carboxylic acids is 1. The molecule has 0 spiro atoms. The summed E-state index contributed by atoms with van der Waals surface area (Å²) in [6, 6.07) is 4.56. The highest BCUT2D eigenvalue weighted by atomic mass is 16.7. The third kappa shape index (κ3) is 9.14. The molecule has 0 aromatic heterocycles. The lowest BCUT2D eigenvalue weighted by Crippen LogP contribution is -2.59. The maximum atomic E-state index is 12.3. The van der Waals surface area contributed by atoms with Gasteiger partial charge < -0.3 is 79.5 Å². The molecular weight excluding hydrogens is 656 g/mol. The molecule has 49 heavy (non-hydrogen) atoms. The minimum absolute atomic E-state index is 0.121. The van der Waals surface area contributed by atoms with E-state index in [0.29, 0.717) is 5.56 Å². The van der Waals surface area contributed by atoms with E-state index in [1.54, 1.807) is 12.1 Å². The van der Waals surface area contributed by atoms with E-state index in [2.05, 4.69) is 0 Å². The van der Waals surface area contributed by atoms with Crippen LogP contribution in [-0.2, 0) is 34.9 Å². The number of aromatic hydroxyl groups is 1. The molecule has 10 N–H and O–H groups in total. The average molecular weight is 703 g/mol. The lowest BCUT2D eigenvalue weighted by Gasteiger charge is -2.42. The van der Waals surface area contributed by atoms with Gasteiger partial charge in [-0.15, -0.1) is 0 Å². The molecule has 2 aliphatic heterocycles. The number of hydrogen-bond donors (Lipinski definition) is 10. The number of methoxy groups -OCH3 is 2. The largest absolute Gasteiger partial charge is 0.504 e. The molecule has 0 saturated carbocycles. The summed E-state index contributed by atoms with van der Waals surface area (Å²) in [6.45, 7) is -2.01. The Labute approximate surface area is 281 Å². The first-order valence-corrected chi connectivity index (χ1v) is 15.7. The van der Waals surface area contributed by atoms with Crippen LogP contribution in [0.25, 0.3) is 0 Å². The second-order valence-electron chi connectivity index (χ2n) is 12.4. The van der Waals surface area contributed by atoms with Crippen LogP contribution in [0.1, 0.15) is 12.0 Å². The van der Waals surface area contributed by atoms with Gasteiger partial charge in [0, 0.05) is 0 Å². The SMILES string of the molecule is COC1=CC(O)(C[C@@H](CO[C@H]2O[C@H](CO)[C@@H](O)[C@H](O)[C@@H]2O)[C@H](CO[C@@H]2O[C@H](CO)[C@@H](O)[C@H](O)[C@@H]2O)Cc2ccc(O)c(OC)c2)C=CC1=O. The highest BCUT2D eigenvalue weighted by molar-refractivity contribution is 6.03. The average Bonchev–Trinajstić information content (AvgIpc) is 3.09. The van der Waals surface area contributed by atoms with Gasteiger partial charge in [-0.05, 0) is 60.6 Å². The third-order valence-corrected chi connectivity index (χ3v) is 9.01. The highest BCUT2D eigenvalue weighted by Gasteiger charge is 2.46. The molecule has 0 amide bonds. The zero-order valence-corrected chi connectivity index (χ0v) is 27.0. The fourth-order valence-corrected chi connectivity index (χ4v) is 6.08. The van der Waals surface area contributed by atoms with E-state index in [-0.39, 0.29) is 43.3 Å². The van der Waals surface area contributed by atoms with E-state index in [4.69, 9.17) is 28.4 Å². The number of ketones is 1. The van der Waals surface area contributed by atoms with Crippen LogP contribution in [0.4, 0.5) is 0 Å². The number of aliphatic hydroxyl groups excluding tert-OH is 8. The predicted octanol–water partition coefficient (Wildman–Crippen LogP) is -3.40. The van der Waals surface area contributed by atoms with Crippen LogP contribution in [-0.4, -0.2) is 165 Å². The van der Waals surface area contributed by atoms with Gasteiger partial charge in [-0.2, -0.15) is 0 Å². The normalized spacial score (nSPS) is 36.2. The molecule has 276 valence electrons. The molecule has 0 radical (unpaired) electrons. The van der Waals surface area contributed by atoms with Crippen LogP contribution in [0.2, 0.25) is 0 Å². The number of carbonyl (C=O) groups is 1. The van der Waals surface area contributed by atoms with E-state index in [1.165, 1.54) is 32.4 Å². The topological polar surface area (TPSA) is 275 Å². The molecule has 13 atom stereocenters. The number of hydrogen-bond acceptors (Lipinski definition) is 17. The Bertz CT molecular complexity index is 1300. The van der Waals surface area contributed by atoms with E-state index >= 15 is 0 Å². The van der Waals surface area contributed by atoms with Gasteiger partial charge in [-0.3, -0.25) is 4.79 Å². The van der Waals surface area contributed by atoms with Crippen molar-refractivity contribution < 1.29 is 84.3 Å². The molecule has 3 aliphatic rings. The van der Waals surface area contributed by atoms with Gasteiger partial charge in [0.25, 0.3) is 0 Å². The predicted molar refractivity (Wildman–Crippen MR) is 164 cm³/mol. The van der Waals surface area contributed by atoms with E-state index < -0.39 is 97.8 Å². The van der Waals surface area contributed by atoms with Crippen molar-refractivity contribution in [3.63, 3.8) is 0 Å². The maximum absolute atomic E-state index is 12.3. The molecule has 0 bridgehead atoms.